The van der Waals surface area contributed by atoms with Crippen molar-refractivity contribution in [2.45, 2.75) is 71.1 Å². The van der Waals surface area contributed by atoms with Gasteiger partial charge in [-0.1, -0.05) is 64.7 Å². The van der Waals surface area contributed by atoms with Gasteiger partial charge < -0.3 is 10.2 Å². The molecule has 0 radical (unpaired) electrons. The zero-order chi connectivity index (χ0) is 15.0. The first-order valence-electron chi connectivity index (χ1n) is 9.44. The normalized spacial score (nSPS) is 16.4. The van der Waals surface area contributed by atoms with E-state index in [0.29, 0.717) is 0 Å². The zero-order valence-electron chi connectivity index (χ0n) is 14.4. The number of rotatable bonds is 14. The number of nitrogens with one attached hydrogen (secondary N) is 1. The van der Waals surface area contributed by atoms with Gasteiger partial charge in [0.15, 0.2) is 0 Å². The van der Waals surface area contributed by atoms with Crippen LogP contribution >= 0.6 is 11.8 Å². The summed E-state index contributed by atoms with van der Waals surface area (Å²) in [6, 6.07) is 0. The highest BCUT2D eigenvalue weighted by Crippen LogP contribution is 2.10. The van der Waals surface area contributed by atoms with Crippen molar-refractivity contribution in [2.24, 2.45) is 0 Å². The molecule has 0 bridgehead atoms. The lowest BCUT2D eigenvalue weighted by Crippen LogP contribution is -2.37. The molecule has 0 spiro atoms. The molecule has 1 rings (SSSR count). The largest absolute Gasteiger partial charge is 0.315 e. The summed E-state index contributed by atoms with van der Waals surface area (Å²) in [5.41, 5.74) is 0. The molecular formula is C18H38N2S. The van der Waals surface area contributed by atoms with Crippen molar-refractivity contribution in [3.63, 3.8) is 0 Å². The Bertz CT molecular complexity index is 205. The van der Waals surface area contributed by atoms with E-state index in [1.807, 2.05) is 0 Å². The van der Waals surface area contributed by atoms with Gasteiger partial charge in [-0.3, -0.25) is 0 Å². The van der Waals surface area contributed by atoms with E-state index in [0.717, 1.165) is 0 Å². The Hall–Kier alpha value is 0.270. The van der Waals surface area contributed by atoms with E-state index in [2.05, 4.69) is 28.9 Å². The standard InChI is InChI=1S/C18H38N2S/c1-2-3-4-5-6-7-8-9-10-11-12-19-13-14-20-15-17-21-18-16-20/h19H,2-18H2,1H3. The fraction of sp³-hybridized carbons (Fsp3) is 1.00. The molecule has 0 unspecified atom stereocenters. The van der Waals surface area contributed by atoms with Crippen LogP contribution in [0.1, 0.15) is 71.1 Å². The molecule has 1 aliphatic rings. The average Bonchev–Trinajstić information content (AvgIpc) is 2.53. The Kier molecular flexibility index (Phi) is 14.0. The second-order valence-corrected chi connectivity index (χ2v) is 7.61. The lowest BCUT2D eigenvalue weighted by molar-refractivity contribution is 0.301. The van der Waals surface area contributed by atoms with Gasteiger partial charge in [-0.2, -0.15) is 11.8 Å². The fourth-order valence-corrected chi connectivity index (χ4v) is 3.90. The molecule has 126 valence electrons. The molecule has 0 aromatic carbocycles. The van der Waals surface area contributed by atoms with Gasteiger partial charge in [-0.05, 0) is 13.0 Å². The quantitative estimate of drug-likeness (QED) is 0.474. The van der Waals surface area contributed by atoms with E-state index < -0.39 is 0 Å². The molecule has 0 aromatic rings. The van der Waals surface area contributed by atoms with Gasteiger partial charge in [-0.25, -0.2) is 0 Å². The zero-order valence-corrected chi connectivity index (χ0v) is 15.2. The Balaban J connectivity index is 1.69. The highest BCUT2D eigenvalue weighted by molar-refractivity contribution is 7.99. The van der Waals surface area contributed by atoms with Gasteiger partial charge in [-0.15, -0.1) is 0 Å². The summed E-state index contributed by atoms with van der Waals surface area (Å²) in [6.07, 6.45) is 14.3. The molecule has 3 heteroatoms. The molecule has 1 aliphatic heterocycles. The number of unbranched alkanes of at least 4 members (excludes halogenated alkanes) is 9. The van der Waals surface area contributed by atoms with Crippen LogP contribution in [-0.4, -0.2) is 49.1 Å². The maximum absolute atomic E-state index is 3.61. The molecule has 21 heavy (non-hydrogen) atoms. The summed E-state index contributed by atoms with van der Waals surface area (Å²) in [5.74, 6) is 2.66. The molecule has 2 nitrogen and oxygen atoms in total. The molecule has 0 atom stereocenters. The van der Waals surface area contributed by atoms with Crippen molar-refractivity contribution in [3.05, 3.63) is 0 Å². The Morgan fingerprint density at radius 2 is 1.33 bits per heavy atom. The van der Waals surface area contributed by atoms with Crippen LogP contribution in [0.15, 0.2) is 0 Å². The summed E-state index contributed by atoms with van der Waals surface area (Å²) in [4.78, 5) is 2.60. The third-order valence-corrected chi connectivity index (χ3v) is 5.36. The first kappa shape index (κ1) is 19.3. The lowest BCUT2D eigenvalue weighted by atomic mass is 10.1. The monoisotopic (exact) mass is 314 g/mol. The van der Waals surface area contributed by atoms with Crippen LogP contribution < -0.4 is 5.32 Å². The molecular weight excluding hydrogens is 276 g/mol. The van der Waals surface area contributed by atoms with Crippen LogP contribution in [0.5, 0.6) is 0 Å². The van der Waals surface area contributed by atoms with Gasteiger partial charge >= 0.3 is 0 Å². The van der Waals surface area contributed by atoms with Crippen LogP contribution in [0.2, 0.25) is 0 Å². The van der Waals surface area contributed by atoms with E-state index in [-0.39, 0.29) is 0 Å². The fourth-order valence-electron chi connectivity index (χ4n) is 2.92. The van der Waals surface area contributed by atoms with Gasteiger partial charge in [0.1, 0.15) is 0 Å². The number of nitrogens with zero attached hydrogens (tertiary/aromatic N) is 1. The lowest BCUT2D eigenvalue weighted by Gasteiger charge is -2.26. The number of hydrogen-bond acceptors (Lipinski definition) is 3. The highest BCUT2D eigenvalue weighted by atomic mass is 32.2. The maximum Gasteiger partial charge on any atom is 0.0107 e. The van der Waals surface area contributed by atoms with Crippen LogP contribution in [0, 0.1) is 0 Å². The summed E-state index contributed by atoms with van der Waals surface area (Å²) in [7, 11) is 0. The molecule has 1 N–H and O–H groups in total. The third-order valence-electron chi connectivity index (χ3n) is 4.42. The SMILES string of the molecule is CCCCCCCCCCCCNCCN1CCSCC1. The average molecular weight is 315 g/mol. The summed E-state index contributed by atoms with van der Waals surface area (Å²) < 4.78 is 0. The minimum absolute atomic E-state index is 1.18. The Morgan fingerprint density at radius 1 is 0.762 bits per heavy atom. The molecule has 0 aliphatic carbocycles. The van der Waals surface area contributed by atoms with Crippen LogP contribution in [-0.2, 0) is 0 Å². The van der Waals surface area contributed by atoms with E-state index in [9.17, 15) is 0 Å². The van der Waals surface area contributed by atoms with E-state index in [1.165, 1.54) is 108 Å². The summed E-state index contributed by atoms with van der Waals surface area (Å²) >= 11 is 2.10. The molecule has 1 fully saturated rings. The second-order valence-electron chi connectivity index (χ2n) is 6.39. The molecule has 1 saturated heterocycles. The predicted octanol–water partition coefficient (Wildman–Crippen LogP) is 4.55. The minimum Gasteiger partial charge on any atom is -0.315 e. The molecule has 0 saturated carbocycles. The van der Waals surface area contributed by atoms with Crippen molar-refractivity contribution in [1.29, 1.82) is 0 Å². The maximum atomic E-state index is 3.61. The Labute approximate surface area is 137 Å². The molecule has 0 amide bonds. The first-order valence-corrected chi connectivity index (χ1v) is 10.6. The van der Waals surface area contributed by atoms with Crippen molar-refractivity contribution in [3.8, 4) is 0 Å². The van der Waals surface area contributed by atoms with Gasteiger partial charge in [0.25, 0.3) is 0 Å². The second kappa shape index (κ2) is 15.2. The number of hydrogen-bond donors (Lipinski definition) is 1. The van der Waals surface area contributed by atoms with Crippen LogP contribution in [0.25, 0.3) is 0 Å². The summed E-state index contributed by atoms with van der Waals surface area (Å²) in [6.45, 7) is 8.54. The molecule has 1 heterocycles. The van der Waals surface area contributed by atoms with Crippen molar-refractivity contribution in [2.75, 3.05) is 44.2 Å². The van der Waals surface area contributed by atoms with Gasteiger partial charge in [0, 0.05) is 37.7 Å². The Morgan fingerprint density at radius 3 is 1.95 bits per heavy atom. The highest BCUT2D eigenvalue weighted by Gasteiger charge is 2.08. The summed E-state index contributed by atoms with van der Waals surface area (Å²) in [5, 5.41) is 3.61. The smallest absolute Gasteiger partial charge is 0.0107 e. The minimum atomic E-state index is 1.18. The molecule has 0 aromatic heterocycles. The van der Waals surface area contributed by atoms with Crippen LogP contribution in [0.3, 0.4) is 0 Å². The van der Waals surface area contributed by atoms with Crippen LogP contribution in [0.4, 0.5) is 0 Å². The van der Waals surface area contributed by atoms with Crippen molar-refractivity contribution in [1.82, 2.24) is 10.2 Å². The first-order chi connectivity index (χ1) is 10.4. The van der Waals surface area contributed by atoms with Crippen molar-refractivity contribution >= 4 is 11.8 Å². The van der Waals surface area contributed by atoms with Gasteiger partial charge in [0.2, 0.25) is 0 Å². The predicted molar refractivity (Wildman–Crippen MR) is 98.5 cm³/mol. The van der Waals surface area contributed by atoms with E-state index >= 15 is 0 Å². The topological polar surface area (TPSA) is 15.3 Å². The van der Waals surface area contributed by atoms with Gasteiger partial charge in [0.05, 0.1) is 0 Å². The van der Waals surface area contributed by atoms with E-state index in [4.69, 9.17) is 0 Å². The van der Waals surface area contributed by atoms with Crippen molar-refractivity contribution < 1.29 is 0 Å². The third kappa shape index (κ3) is 12.5. The number of thioether (sulfide) groups is 1. The van der Waals surface area contributed by atoms with E-state index in [1.54, 1.807) is 0 Å².